The minimum Gasteiger partial charge on any atom is -0.494 e. The summed E-state index contributed by atoms with van der Waals surface area (Å²) in [5.74, 6) is 1.54. The monoisotopic (exact) mass is 488 g/mol. The molecule has 0 spiro atoms. The van der Waals surface area contributed by atoms with Crippen molar-refractivity contribution in [2.45, 2.75) is 59.0 Å². The third-order valence-corrected chi connectivity index (χ3v) is 6.50. The Morgan fingerprint density at radius 1 is 1.14 bits per heavy atom. The topological polar surface area (TPSA) is 98.2 Å². The van der Waals surface area contributed by atoms with E-state index < -0.39 is 0 Å². The predicted octanol–water partition coefficient (Wildman–Crippen LogP) is 3.60. The van der Waals surface area contributed by atoms with E-state index in [-0.39, 0.29) is 11.7 Å². The van der Waals surface area contributed by atoms with E-state index in [4.69, 9.17) is 9.47 Å². The average molecular weight is 489 g/mol. The maximum atomic E-state index is 13.0. The molecule has 1 saturated heterocycles. The van der Waals surface area contributed by atoms with E-state index in [1.165, 1.54) is 5.56 Å². The summed E-state index contributed by atoms with van der Waals surface area (Å²) in [4.78, 5) is 18.2. The van der Waals surface area contributed by atoms with Gasteiger partial charge in [0.2, 0.25) is 0 Å². The molecular formula is C27H32N6O3. The van der Waals surface area contributed by atoms with Crippen LogP contribution in [0, 0.1) is 6.92 Å². The lowest BCUT2D eigenvalue weighted by Gasteiger charge is -2.22. The van der Waals surface area contributed by atoms with Gasteiger partial charge in [-0.15, -0.1) is 5.10 Å². The first-order chi connectivity index (χ1) is 17.6. The minimum atomic E-state index is -0.0977. The molecule has 0 bridgehead atoms. The second kappa shape index (κ2) is 11.0. The van der Waals surface area contributed by atoms with Gasteiger partial charge in [-0.1, -0.05) is 29.8 Å². The summed E-state index contributed by atoms with van der Waals surface area (Å²) in [6.07, 6.45) is 2.22. The Bertz CT molecular complexity index is 1360. The van der Waals surface area contributed by atoms with Gasteiger partial charge in [-0.25, -0.2) is 4.68 Å². The number of tetrazole rings is 1. The Balaban J connectivity index is 1.42. The highest BCUT2D eigenvalue weighted by Gasteiger charge is 2.21. The highest BCUT2D eigenvalue weighted by atomic mass is 16.5. The number of ether oxygens (including phenoxy) is 2. The van der Waals surface area contributed by atoms with Crippen molar-refractivity contribution in [3.63, 3.8) is 0 Å². The summed E-state index contributed by atoms with van der Waals surface area (Å²) < 4.78 is 13.3. The maximum absolute atomic E-state index is 13.0. The van der Waals surface area contributed by atoms with Crippen LogP contribution in [-0.4, -0.2) is 49.4 Å². The molecule has 36 heavy (non-hydrogen) atoms. The number of aryl methyl sites for hydroxylation is 1. The second-order valence-electron chi connectivity index (χ2n) is 9.35. The highest BCUT2D eigenvalue weighted by molar-refractivity contribution is 5.80. The van der Waals surface area contributed by atoms with Crippen LogP contribution < -0.4 is 10.3 Å². The SMILES string of the molecule is CCOc1ccc2[nH]c(=O)c(CN(Cc3ccc(C)cc3)Cc3nnnn3C[C@@H]3CCCO3)cc2c1. The zero-order valence-corrected chi connectivity index (χ0v) is 20.8. The first-order valence-electron chi connectivity index (χ1n) is 12.5. The minimum absolute atomic E-state index is 0.0977. The van der Waals surface area contributed by atoms with Gasteiger partial charge < -0.3 is 14.5 Å². The van der Waals surface area contributed by atoms with E-state index in [1.807, 2.05) is 35.9 Å². The normalized spacial score (nSPS) is 15.7. The first kappa shape index (κ1) is 24.1. The molecule has 1 aliphatic heterocycles. The van der Waals surface area contributed by atoms with Crippen molar-refractivity contribution >= 4 is 10.9 Å². The summed E-state index contributed by atoms with van der Waals surface area (Å²) in [5, 5.41) is 13.4. The lowest BCUT2D eigenvalue weighted by atomic mass is 10.1. The quantitative estimate of drug-likeness (QED) is 0.364. The van der Waals surface area contributed by atoms with Gasteiger partial charge in [-0.05, 0) is 66.9 Å². The van der Waals surface area contributed by atoms with Gasteiger partial charge in [-0.3, -0.25) is 9.69 Å². The van der Waals surface area contributed by atoms with E-state index in [0.717, 1.165) is 47.5 Å². The summed E-state index contributed by atoms with van der Waals surface area (Å²) >= 11 is 0. The average Bonchev–Trinajstić information content (AvgIpc) is 3.54. The molecule has 1 aliphatic rings. The molecule has 1 fully saturated rings. The summed E-state index contributed by atoms with van der Waals surface area (Å²) in [5.41, 5.74) is 3.75. The van der Waals surface area contributed by atoms with E-state index in [9.17, 15) is 4.79 Å². The van der Waals surface area contributed by atoms with Crippen molar-refractivity contribution in [2.24, 2.45) is 0 Å². The van der Waals surface area contributed by atoms with Crippen molar-refractivity contribution < 1.29 is 9.47 Å². The summed E-state index contributed by atoms with van der Waals surface area (Å²) in [6, 6.07) is 16.1. The molecule has 9 nitrogen and oxygen atoms in total. The van der Waals surface area contributed by atoms with Crippen molar-refractivity contribution in [3.8, 4) is 5.75 Å². The third kappa shape index (κ3) is 5.80. The number of fused-ring (bicyclic) bond motifs is 1. The molecule has 0 amide bonds. The van der Waals surface area contributed by atoms with Gasteiger partial charge in [0.1, 0.15) is 5.75 Å². The number of aromatic amines is 1. The van der Waals surface area contributed by atoms with E-state index in [1.54, 1.807) is 0 Å². The van der Waals surface area contributed by atoms with Crippen LogP contribution in [-0.2, 0) is 30.9 Å². The second-order valence-corrected chi connectivity index (χ2v) is 9.35. The van der Waals surface area contributed by atoms with Crippen LogP contribution in [0.5, 0.6) is 5.75 Å². The Morgan fingerprint density at radius 3 is 2.78 bits per heavy atom. The van der Waals surface area contributed by atoms with E-state index in [2.05, 4.69) is 56.6 Å². The van der Waals surface area contributed by atoms with Crippen LogP contribution in [0.2, 0.25) is 0 Å². The fraction of sp³-hybridized carbons (Fsp3) is 0.407. The van der Waals surface area contributed by atoms with Crippen LogP contribution in [0.4, 0.5) is 0 Å². The van der Waals surface area contributed by atoms with Crippen LogP contribution >= 0.6 is 0 Å². The van der Waals surface area contributed by atoms with Crippen molar-refractivity contribution in [1.82, 2.24) is 30.1 Å². The standard InChI is InChI=1S/C27H32N6O3/c1-3-35-23-10-11-25-21(14-23)13-22(27(34)28-25)16-32(15-20-8-6-19(2)7-9-20)18-26-29-30-31-33(26)17-24-5-4-12-36-24/h6-11,13-14,24H,3-5,12,15-18H2,1-2H3,(H,28,34)/t24-/m0/s1. The molecule has 9 heteroatoms. The van der Waals surface area contributed by atoms with E-state index in [0.29, 0.717) is 38.3 Å². The maximum Gasteiger partial charge on any atom is 0.252 e. The van der Waals surface area contributed by atoms with Crippen molar-refractivity contribution in [2.75, 3.05) is 13.2 Å². The van der Waals surface area contributed by atoms with Gasteiger partial charge in [0.25, 0.3) is 5.56 Å². The van der Waals surface area contributed by atoms with Crippen LogP contribution in [0.3, 0.4) is 0 Å². The zero-order valence-electron chi connectivity index (χ0n) is 20.8. The number of nitrogens with one attached hydrogen (secondary N) is 1. The van der Waals surface area contributed by atoms with Crippen LogP contribution in [0.1, 0.15) is 42.3 Å². The molecule has 5 rings (SSSR count). The number of hydrogen-bond donors (Lipinski definition) is 1. The molecule has 188 valence electrons. The summed E-state index contributed by atoms with van der Waals surface area (Å²) in [6.45, 7) is 7.66. The van der Waals surface area contributed by atoms with Gasteiger partial charge in [0.15, 0.2) is 5.82 Å². The Hall–Kier alpha value is -3.56. The highest BCUT2D eigenvalue weighted by Crippen LogP contribution is 2.21. The fourth-order valence-electron chi connectivity index (χ4n) is 4.62. The molecule has 1 N–H and O–H groups in total. The Labute approximate surface area is 210 Å². The molecule has 3 heterocycles. The molecule has 0 radical (unpaired) electrons. The Morgan fingerprint density at radius 2 is 2.00 bits per heavy atom. The first-order valence-corrected chi connectivity index (χ1v) is 12.5. The molecule has 0 aliphatic carbocycles. The molecule has 2 aromatic carbocycles. The van der Waals surface area contributed by atoms with Gasteiger partial charge in [0, 0.05) is 36.2 Å². The number of nitrogens with zero attached hydrogens (tertiary/aromatic N) is 5. The van der Waals surface area contributed by atoms with Gasteiger partial charge in [0.05, 0.1) is 25.8 Å². The number of pyridine rings is 1. The third-order valence-electron chi connectivity index (χ3n) is 6.50. The number of benzene rings is 2. The van der Waals surface area contributed by atoms with Gasteiger partial charge >= 0.3 is 0 Å². The molecule has 4 aromatic rings. The lowest BCUT2D eigenvalue weighted by Crippen LogP contribution is -2.29. The number of aromatic nitrogens is 5. The molecule has 0 unspecified atom stereocenters. The summed E-state index contributed by atoms with van der Waals surface area (Å²) in [7, 11) is 0. The van der Waals surface area contributed by atoms with Crippen LogP contribution in [0.25, 0.3) is 10.9 Å². The smallest absolute Gasteiger partial charge is 0.252 e. The molecule has 1 atom stereocenters. The van der Waals surface area contributed by atoms with Crippen molar-refractivity contribution in [1.29, 1.82) is 0 Å². The number of hydrogen-bond acceptors (Lipinski definition) is 7. The number of rotatable bonds is 10. The van der Waals surface area contributed by atoms with Gasteiger partial charge in [-0.2, -0.15) is 0 Å². The number of H-pyrrole nitrogens is 1. The van der Waals surface area contributed by atoms with Crippen molar-refractivity contribution in [3.05, 3.63) is 81.4 Å². The molecular weight excluding hydrogens is 456 g/mol. The molecule has 2 aromatic heterocycles. The molecule has 0 saturated carbocycles. The predicted molar refractivity (Wildman–Crippen MR) is 137 cm³/mol. The van der Waals surface area contributed by atoms with E-state index >= 15 is 0 Å². The largest absolute Gasteiger partial charge is 0.494 e. The Kier molecular flexibility index (Phi) is 7.39. The lowest BCUT2D eigenvalue weighted by molar-refractivity contribution is 0.0914. The van der Waals surface area contributed by atoms with Crippen LogP contribution in [0.15, 0.2) is 53.3 Å². The zero-order chi connectivity index (χ0) is 24.9. The fourth-order valence-corrected chi connectivity index (χ4v) is 4.62.